The number of carbonyl (C=O) groups excluding carboxylic acids is 3. The standard InChI is InChI=1S/C21H22N4O4/c1-24-12-17(16-6-2-3-7-18(16)24)20(27)23-22-19(26)14-5-4-9-25(11-14)21(28)15-8-10-29-13-15/h2-3,6-8,10,12-14H,4-5,9,11H2,1H3,(H,22,26)(H,23,27). The van der Waals surface area contributed by atoms with Crippen LogP contribution in [0.15, 0.2) is 53.5 Å². The molecule has 0 saturated carbocycles. The predicted molar refractivity (Wildman–Crippen MR) is 106 cm³/mol. The average Bonchev–Trinajstić information content (AvgIpc) is 3.40. The number of amides is 3. The van der Waals surface area contributed by atoms with E-state index in [0.29, 0.717) is 30.6 Å². The molecule has 150 valence electrons. The average molecular weight is 394 g/mol. The van der Waals surface area contributed by atoms with Gasteiger partial charge in [-0.15, -0.1) is 0 Å². The molecule has 0 bridgehead atoms. The van der Waals surface area contributed by atoms with Gasteiger partial charge in [-0.05, 0) is 25.0 Å². The number of likely N-dealkylation sites (tertiary alicyclic amines) is 1. The molecule has 1 unspecified atom stereocenters. The molecule has 3 heterocycles. The highest BCUT2D eigenvalue weighted by molar-refractivity contribution is 6.07. The van der Waals surface area contributed by atoms with E-state index in [9.17, 15) is 14.4 Å². The number of hydrogen-bond acceptors (Lipinski definition) is 4. The van der Waals surface area contributed by atoms with E-state index >= 15 is 0 Å². The summed E-state index contributed by atoms with van der Waals surface area (Å²) in [6.07, 6.45) is 5.96. The number of para-hydroxylation sites is 1. The van der Waals surface area contributed by atoms with Gasteiger partial charge in [0.1, 0.15) is 6.26 Å². The van der Waals surface area contributed by atoms with Crippen molar-refractivity contribution in [3.63, 3.8) is 0 Å². The van der Waals surface area contributed by atoms with Gasteiger partial charge < -0.3 is 13.9 Å². The van der Waals surface area contributed by atoms with Crippen molar-refractivity contribution in [3.05, 3.63) is 60.2 Å². The molecular weight excluding hydrogens is 372 g/mol. The zero-order valence-electron chi connectivity index (χ0n) is 16.1. The van der Waals surface area contributed by atoms with Crippen LogP contribution in [0.1, 0.15) is 33.6 Å². The third-order valence-corrected chi connectivity index (χ3v) is 5.29. The van der Waals surface area contributed by atoms with E-state index in [-0.39, 0.29) is 23.6 Å². The maximum absolute atomic E-state index is 12.6. The molecule has 29 heavy (non-hydrogen) atoms. The molecule has 1 aromatic carbocycles. The molecule has 1 aliphatic rings. The number of furan rings is 1. The lowest BCUT2D eigenvalue weighted by Gasteiger charge is -2.31. The first kappa shape index (κ1) is 18.8. The fourth-order valence-corrected chi connectivity index (χ4v) is 3.75. The van der Waals surface area contributed by atoms with Crippen molar-refractivity contribution < 1.29 is 18.8 Å². The van der Waals surface area contributed by atoms with E-state index < -0.39 is 0 Å². The van der Waals surface area contributed by atoms with Crippen LogP contribution < -0.4 is 10.9 Å². The number of fused-ring (bicyclic) bond motifs is 1. The summed E-state index contributed by atoms with van der Waals surface area (Å²) >= 11 is 0. The van der Waals surface area contributed by atoms with E-state index in [1.54, 1.807) is 17.2 Å². The third-order valence-electron chi connectivity index (χ3n) is 5.29. The van der Waals surface area contributed by atoms with Gasteiger partial charge in [-0.2, -0.15) is 0 Å². The molecular formula is C21H22N4O4. The normalized spacial score (nSPS) is 16.6. The Kier molecular flexibility index (Phi) is 5.07. The topological polar surface area (TPSA) is 96.6 Å². The molecule has 2 aromatic heterocycles. The van der Waals surface area contributed by atoms with Crippen molar-refractivity contribution in [1.82, 2.24) is 20.3 Å². The van der Waals surface area contributed by atoms with Gasteiger partial charge in [0.2, 0.25) is 5.91 Å². The Balaban J connectivity index is 1.37. The number of aryl methyl sites for hydroxylation is 1. The van der Waals surface area contributed by atoms with Crippen molar-refractivity contribution in [2.75, 3.05) is 13.1 Å². The number of carbonyl (C=O) groups is 3. The number of hydrogen-bond donors (Lipinski definition) is 2. The minimum atomic E-state index is -0.382. The second-order valence-corrected chi connectivity index (χ2v) is 7.22. The number of benzene rings is 1. The highest BCUT2D eigenvalue weighted by atomic mass is 16.3. The van der Waals surface area contributed by atoms with E-state index in [2.05, 4.69) is 10.9 Å². The summed E-state index contributed by atoms with van der Waals surface area (Å²) in [7, 11) is 1.87. The van der Waals surface area contributed by atoms with Crippen molar-refractivity contribution in [2.45, 2.75) is 12.8 Å². The molecule has 8 nitrogen and oxygen atoms in total. The summed E-state index contributed by atoms with van der Waals surface area (Å²) < 4.78 is 6.83. The number of aromatic nitrogens is 1. The van der Waals surface area contributed by atoms with Crippen LogP contribution in [0, 0.1) is 5.92 Å². The number of nitrogens with one attached hydrogen (secondary N) is 2. The maximum Gasteiger partial charge on any atom is 0.271 e. The molecule has 3 aromatic rings. The van der Waals surface area contributed by atoms with Gasteiger partial charge in [-0.3, -0.25) is 25.2 Å². The second-order valence-electron chi connectivity index (χ2n) is 7.22. The van der Waals surface area contributed by atoms with Gasteiger partial charge in [0, 0.05) is 37.2 Å². The van der Waals surface area contributed by atoms with Crippen LogP contribution in [-0.2, 0) is 11.8 Å². The minimum Gasteiger partial charge on any atom is -0.472 e. The van der Waals surface area contributed by atoms with Crippen molar-refractivity contribution in [2.24, 2.45) is 13.0 Å². The molecule has 1 atom stereocenters. The Morgan fingerprint density at radius 1 is 1.14 bits per heavy atom. The van der Waals surface area contributed by atoms with Gasteiger partial charge in [0.05, 0.1) is 23.3 Å². The smallest absolute Gasteiger partial charge is 0.271 e. The fourth-order valence-electron chi connectivity index (χ4n) is 3.75. The zero-order valence-corrected chi connectivity index (χ0v) is 16.1. The summed E-state index contributed by atoms with van der Waals surface area (Å²) in [5, 5.41) is 0.816. The van der Waals surface area contributed by atoms with Crippen LogP contribution in [0.4, 0.5) is 0 Å². The van der Waals surface area contributed by atoms with E-state index in [0.717, 1.165) is 17.3 Å². The summed E-state index contributed by atoms with van der Waals surface area (Å²) in [4.78, 5) is 39.3. The van der Waals surface area contributed by atoms with Gasteiger partial charge in [0.25, 0.3) is 11.8 Å². The van der Waals surface area contributed by atoms with Gasteiger partial charge >= 0.3 is 0 Å². The first-order valence-electron chi connectivity index (χ1n) is 9.50. The van der Waals surface area contributed by atoms with Crippen LogP contribution in [0.2, 0.25) is 0 Å². The third kappa shape index (κ3) is 3.73. The van der Waals surface area contributed by atoms with E-state index in [1.165, 1.54) is 12.5 Å². The number of piperidine rings is 1. The molecule has 0 aliphatic carbocycles. The lowest BCUT2D eigenvalue weighted by Crippen LogP contribution is -2.50. The second kappa shape index (κ2) is 7.83. The van der Waals surface area contributed by atoms with Gasteiger partial charge in [-0.1, -0.05) is 18.2 Å². The quantitative estimate of drug-likeness (QED) is 0.665. The fraction of sp³-hybridized carbons (Fsp3) is 0.286. The highest BCUT2D eigenvalue weighted by Crippen LogP contribution is 2.21. The molecule has 8 heteroatoms. The largest absolute Gasteiger partial charge is 0.472 e. The van der Waals surface area contributed by atoms with Crippen molar-refractivity contribution in [3.8, 4) is 0 Å². The molecule has 3 amide bonds. The Morgan fingerprint density at radius 3 is 2.76 bits per heavy atom. The van der Waals surface area contributed by atoms with Crippen LogP contribution in [0.5, 0.6) is 0 Å². The molecule has 1 aliphatic heterocycles. The molecule has 4 rings (SSSR count). The first-order chi connectivity index (χ1) is 14.0. The predicted octanol–water partition coefficient (Wildman–Crippen LogP) is 2.08. The number of nitrogens with zero attached hydrogens (tertiary/aromatic N) is 2. The molecule has 0 spiro atoms. The van der Waals surface area contributed by atoms with Crippen LogP contribution >= 0.6 is 0 Å². The maximum atomic E-state index is 12.6. The summed E-state index contributed by atoms with van der Waals surface area (Å²) in [6.45, 7) is 0.899. The van der Waals surface area contributed by atoms with E-state index in [4.69, 9.17) is 4.42 Å². The van der Waals surface area contributed by atoms with Crippen molar-refractivity contribution in [1.29, 1.82) is 0 Å². The van der Waals surface area contributed by atoms with Crippen LogP contribution in [-0.4, -0.2) is 40.3 Å². The highest BCUT2D eigenvalue weighted by Gasteiger charge is 2.29. The Morgan fingerprint density at radius 2 is 1.97 bits per heavy atom. The SMILES string of the molecule is Cn1cc(C(=O)NNC(=O)C2CCCN(C(=O)c3ccoc3)C2)c2ccccc21. The van der Waals surface area contributed by atoms with Gasteiger partial charge in [0.15, 0.2) is 0 Å². The Bertz CT molecular complexity index is 1050. The summed E-state index contributed by atoms with van der Waals surface area (Å²) in [5.74, 6) is -1.22. The molecule has 1 saturated heterocycles. The summed E-state index contributed by atoms with van der Waals surface area (Å²) in [5.41, 5.74) is 6.91. The Hall–Kier alpha value is -3.55. The van der Waals surface area contributed by atoms with E-state index in [1.807, 2.05) is 35.9 Å². The number of rotatable bonds is 3. The van der Waals surface area contributed by atoms with Crippen molar-refractivity contribution >= 4 is 28.6 Å². The minimum absolute atomic E-state index is 0.156. The van der Waals surface area contributed by atoms with Crippen LogP contribution in [0.25, 0.3) is 10.9 Å². The Labute approximate surface area is 167 Å². The molecule has 0 radical (unpaired) electrons. The zero-order chi connectivity index (χ0) is 20.4. The first-order valence-corrected chi connectivity index (χ1v) is 9.50. The lowest BCUT2D eigenvalue weighted by atomic mass is 9.97. The molecule has 2 N–H and O–H groups in total. The monoisotopic (exact) mass is 394 g/mol. The summed E-state index contributed by atoms with van der Waals surface area (Å²) in [6, 6.07) is 9.18. The lowest BCUT2D eigenvalue weighted by molar-refractivity contribution is -0.127. The number of hydrazine groups is 1. The molecule has 1 fully saturated rings. The van der Waals surface area contributed by atoms with Crippen LogP contribution in [0.3, 0.4) is 0 Å². The van der Waals surface area contributed by atoms with Gasteiger partial charge in [-0.25, -0.2) is 0 Å².